The van der Waals surface area contributed by atoms with Gasteiger partial charge in [0.15, 0.2) is 10.7 Å². The number of aromatic carboxylic acids is 1. The van der Waals surface area contributed by atoms with Crippen LogP contribution in [0.15, 0.2) is 29.6 Å². The molecule has 2 rings (SSSR count). The molecular formula is C12H14N4O4S. The lowest BCUT2D eigenvalue weighted by Gasteiger charge is -2.07. The third kappa shape index (κ3) is 3.02. The average Bonchev–Trinajstić information content (AvgIpc) is 2.81. The summed E-state index contributed by atoms with van der Waals surface area (Å²) in [6, 6.07) is 2.78. The van der Waals surface area contributed by atoms with Gasteiger partial charge < -0.3 is 9.67 Å². The Morgan fingerprint density at radius 3 is 2.76 bits per heavy atom. The number of carbonyl (C=O) groups is 1. The number of hydrogen-bond acceptors (Lipinski definition) is 5. The molecule has 0 aliphatic heterocycles. The molecule has 0 aliphatic rings. The summed E-state index contributed by atoms with van der Waals surface area (Å²) in [7, 11) is -3.97. The highest BCUT2D eigenvalue weighted by molar-refractivity contribution is 7.92. The van der Waals surface area contributed by atoms with Crippen molar-refractivity contribution in [2.45, 2.75) is 25.4 Å². The third-order valence-corrected chi connectivity index (χ3v) is 4.06. The van der Waals surface area contributed by atoms with Gasteiger partial charge in [0.2, 0.25) is 0 Å². The van der Waals surface area contributed by atoms with Crippen molar-refractivity contribution in [3.63, 3.8) is 0 Å². The number of rotatable bonds is 5. The Labute approximate surface area is 121 Å². The highest BCUT2D eigenvalue weighted by atomic mass is 32.2. The Morgan fingerprint density at radius 2 is 2.19 bits per heavy atom. The summed E-state index contributed by atoms with van der Waals surface area (Å²) in [6.07, 6.45) is 2.67. The molecule has 112 valence electrons. The lowest BCUT2D eigenvalue weighted by Crippen LogP contribution is -2.16. The molecule has 0 fully saturated rings. The van der Waals surface area contributed by atoms with Gasteiger partial charge in [-0.2, -0.15) is 8.42 Å². The normalized spacial score (nSPS) is 11.3. The topological polar surface area (TPSA) is 114 Å². The maximum atomic E-state index is 12.3. The molecule has 0 spiro atoms. The Bertz CT molecular complexity index is 782. The summed E-state index contributed by atoms with van der Waals surface area (Å²) in [5, 5.41) is 8.84. The number of carboxylic acids is 1. The second kappa shape index (κ2) is 5.52. The molecule has 0 amide bonds. The fourth-order valence-electron chi connectivity index (χ4n) is 1.78. The van der Waals surface area contributed by atoms with Gasteiger partial charge in [0, 0.05) is 18.9 Å². The molecule has 0 atom stereocenters. The molecule has 21 heavy (non-hydrogen) atoms. The van der Waals surface area contributed by atoms with Gasteiger partial charge in [-0.05, 0) is 26.0 Å². The van der Waals surface area contributed by atoms with Crippen LogP contribution in [0.2, 0.25) is 0 Å². The molecule has 0 aliphatic carbocycles. The van der Waals surface area contributed by atoms with Crippen molar-refractivity contribution in [1.29, 1.82) is 0 Å². The molecule has 8 nitrogen and oxygen atoms in total. The quantitative estimate of drug-likeness (QED) is 0.855. The first-order valence-electron chi connectivity index (χ1n) is 6.10. The van der Waals surface area contributed by atoms with Crippen LogP contribution in [0, 0.1) is 6.92 Å². The van der Waals surface area contributed by atoms with Crippen molar-refractivity contribution in [2.24, 2.45) is 0 Å². The first-order valence-corrected chi connectivity index (χ1v) is 7.58. The van der Waals surface area contributed by atoms with E-state index in [0.717, 1.165) is 0 Å². The van der Waals surface area contributed by atoms with Gasteiger partial charge in [-0.25, -0.2) is 14.8 Å². The van der Waals surface area contributed by atoms with Crippen LogP contribution in [0.25, 0.3) is 0 Å². The van der Waals surface area contributed by atoms with Gasteiger partial charge in [0.05, 0.1) is 5.69 Å². The molecule has 2 aromatic heterocycles. The molecule has 0 radical (unpaired) electrons. The van der Waals surface area contributed by atoms with Crippen LogP contribution >= 0.6 is 0 Å². The highest BCUT2D eigenvalue weighted by Gasteiger charge is 2.22. The SMILES string of the molecule is CCn1cc(S(=O)(=O)Nc2cccnc2C(=O)O)nc1C. The minimum atomic E-state index is -3.97. The van der Waals surface area contributed by atoms with Gasteiger partial charge in [0.1, 0.15) is 5.82 Å². The fraction of sp³-hybridized carbons (Fsp3) is 0.250. The first-order chi connectivity index (χ1) is 9.85. The number of nitrogens with one attached hydrogen (secondary N) is 1. The van der Waals surface area contributed by atoms with Crippen LogP contribution < -0.4 is 4.72 Å². The molecule has 2 heterocycles. The number of aryl methyl sites for hydroxylation is 2. The summed E-state index contributed by atoms with van der Waals surface area (Å²) in [6.45, 7) is 4.14. The van der Waals surface area contributed by atoms with Crippen LogP contribution in [0.3, 0.4) is 0 Å². The van der Waals surface area contributed by atoms with Gasteiger partial charge in [-0.1, -0.05) is 0 Å². The fourth-order valence-corrected chi connectivity index (χ4v) is 2.86. The van der Waals surface area contributed by atoms with E-state index in [2.05, 4.69) is 14.7 Å². The van der Waals surface area contributed by atoms with E-state index in [1.165, 1.54) is 24.5 Å². The van der Waals surface area contributed by atoms with Crippen LogP contribution in [0.4, 0.5) is 5.69 Å². The number of hydrogen-bond donors (Lipinski definition) is 2. The lowest BCUT2D eigenvalue weighted by molar-refractivity contribution is 0.0692. The summed E-state index contributed by atoms with van der Waals surface area (Å²) in [5.74, 6) is -0.758. The van der Waals surface area contributed by atoms with E-state index in [1.54, 1.807) is 11.5 Å². The Balaban J connectivity index is 2.40. The molecule has 0 saturated heterocycles. The third-order valence-electron chi connectivity index (χ3n) is 2.82. The van der Waals surface area contributed by atoms with Crippen molar-refractivity contribution >= 4 is 21.7 Å². The van der Waals surface area contributed by atoms with Crippen molar-refractivity contribution in [2.75, 3.05) is 4.72 Å². The number of nitrogens with zero attached hydrogens (tertiary/aromatic N) is 3. The zero-order valence-corrected chi connectivity index (χ0v) is 12.3. The molecule has 0 saturated carbocycles. The van der Waals surface area contributed by atoms with Crippen molar-refractivity contribution in [1.82, 2.24) is 14.5 Å². The number of aromatic nitrogens is 3. The molecule has 2 aromatic rings. The van der Waals surface area contributed by atoms with Crippen LogP contribution in [-0.4, -0.2) is 34.0 Å². The van der Waals surface area contributed by atoms with E-state index >= 15 is 0 Å². The summed E-state index contributed by atoms with van der Waals surface area (Å²) in [4.78, 5) is 18.6. The Morgan fingerprint density at radius 1 is 1.48 bits per heavy atom. The summed E-state index contributed by atoms with van der Waals surface area (Å²) >= 11 is 0. The van der Waals surface area contributed by atoms with E-state index < -0.39 is 16.0 Å². The van der Waals surface area contributed by atoms with Crippen molar-refractivity contribution < 1.29 is 18.3 Å². The predicted octanol–water partition coefficient (Wildman–Crippen LogP) is 1.11. The molecule has 9 heteroatoms. The van der Waals surface area contributed by atoms with Gasteiger partial charge in [-0.15, -0.1) is 0 Å². The highest BCUT2D eigenvalue weighted by Crippen LogP contribution is 2.18. The lowest BCUT2D eigenvalue weighted by atomic mass is 10.3. The van der Waals surface area contributed by atoms with Crippen molar-refractivity contribution in [3.8, 4) is 0 Å². The van der Waals surface area contributed by atoms with Gasteiger partial charge >= 0.3 is 5.97 Å². The maximum Gasteiger partial charge on any atom is 0.356 e. The predicted molar refractivity (Wildman–Crippen MR) is 74.6 cm³/mol. The standard InChI is InChI=1S/C12H14N4O4S/c1-3-16-7-10(14-8(16)2)21(19,20)15-9-5-4-6-13-11(9)12(17)18/h4-7,15H,3H2,1-2H3,(H,17,18). The van der Waals surface area contributed by atoms with Gasteiger partial charge in [-0.3, -0.25) is 4.72 Å². The minimum Gasteiger partial charge on any atom is -0.476 e. The number of pyridine rings is 1. The van der Waals surface area contributed by atoms with E-state index in [4.69, 9.17) is 5.11 Å². The Kier molecular flexibility index (Phi) is 3.94. The summed E-state index contributed by atoms with van der Waals surface area (Å²) in [5.41, 5.74) is -0.471. The van der Waals surface area contributed by atoms with E-state index in [9.17, 15) is 13.2 Å². The zero-order chi connectivity index (χ0) is 15.6. The van der Waals surface area contributed by atoms with Crippen LogP contribution in [0.1, 0.15) is 23.2 Å². The smallest absolute Gasteiger partial charge is 0.356 e. The molecule has 0 bridgehead atoms. The van der Waals surface area contributed by atoms with E-state index in [-0.39, 0.29) is 16.4 Å². The average molecular weight is 310 g/mol. The number of imidazole rings is 1. The van der Waals surface area contributed by atoms with Crippen LogP contribution in [0.5, 0.6) is 0 Å². The van der Waals surface area contributed by atoms with E-state index in [0.29, 0.717) is 12.4 Å². The minimum absolute atomic E-state index is 0.103. The number of sulfonamides is 1. The largest absolute Gasteiger partial charge is 0.476 e. The van der Waals surface area contributed by atoms with E-state index in [1.807, 2.05) is 6.92 Å². The van der Waals surface area contributed by atoms with Gasteiger partial charge in [0.25, 0.3) is 10.0 Å². The second-order valence-corrected chi connectivity index (χ2v) is 5.85. The summed E-state index contributed by atoms with van der Waals surface area (Å²) < 4.78 is 28.4. The number of anilines is 1. The van der Waals surface area contributed by atoms with Crippen LogP contribution in [-0.2, 0) is 16.6 Å². The Hall–Kier alpha value is -2.42. The molecule has 2 N–H and O–H groups in total. The second-order valence-electron chi connectivity index (χ2n) is 4.22. The zero-order valence-electron chi connectivity index (χ0n) is 11.4. The molecule has 0 unspecified atom stereocenters. The molecule has 0 aromatic carbocycles. The number of carboxylic acid groups (broad SMARTS) is 1. The van der Waals surface area contributed by atoms with Crippen molar-refractivity contribution in [3.05, 3.63) is 36.0 Å². The maximum absolute atomic E-state index is 12.3. The molecular weight excluding hydrogens is 296 g/mol. The first kappa shape index (κ1) is 15.0. The monoisotopic (exact) mass is 310 g/mol.